The van der Waals surface area contributed by atoms with Crippen LogP contribution < -0.4 is 10.1 Å². The third kappa shape index (κ3) is 3.99. The van der Waals surface area contributed by atoms with Crippen molar-refractivity contribution in [3.63, 3.8) is 0 Å². The van der Waals surface area contributed by atoms with Crippen molar-refractivity contribution < 1.29 is 4.74 Å². The topological polar surface area (TPSA) is 21.3 Å². The van der Waals surface area contributed by atoms with E-state index in [9.17, 15) is 0 Å². The summed E-state index contributed by atoms with van der Waals surface area (Å²) in [5.41, 5.74) is 4.89. The van der Waals surface area contributed by atoms with E-state index in [2.05, 4.69) is 37.4 Å². The Morgan fingerprint density at radius 1 is 1.14 bits per heavy atom. The maximum Gasteiger partial charge on any atom is 0.138 e. The van der Waals surface area contributed by atoms with E-state index in [-0.39, 0.29) is 0 Å². The molecule has 1 N–H and O–H groups in total. The summed E-state index contributed by atoms with van der Waals surface area (Å²) in [5, 5.41) is 4.07. The fraction of sp³-hybridized carbons (Fsp3) is 0.333. The lowest BCUT2D eigenvalue weighted by molar-refractivity contribution is 0.415. The molecule has 3 heteroatoms. The van der Waals surface area contributed by atoms with E-state index in [4.69, 9.17) is 16.3 Å². The Labute approximate surface area is 132 Å². The average molecular weight is 304 g/mol. The molecular formula is C18H22ClNO. The summed E-state index contributed by atoms with van der Waals surface area (Å²) >= 11 is 6.10. The highest BCUT2D eigenvalue weighted by Gasteiger charge is 2.07. The van der Waals surface area contributed by atoms with Gasteiger partial charge in [-0.3, -0.25) is 0 Å². The van der Waals surface area contributed by atoms with Gasteiger partial charge in [-0.2, -0.15) is 0 Å². The molecule has 0 unspecified atom stereocenters. The molecule has 0 spiro atoms. The quantitative estimate of drug-likeness (QED) is 0.772. The van der Waals surface area contributed by atoms with Crippen LogP contribution in [-0.2, 0) is 6.54 Å². The molecule has 0 aliphatic heterocycles. The second-order valence-corrected chi connectivity index (χ2v) is 5.58. The van der Waals surface area contributed by atoms with E-state index in [1.807, 2.05) is 18.2 Å². The maximum atomic E-state index is 6.10. The summed E-state index contributed by atoms with van der Waals surface area (Å²) in [6, 6.07) is 12.5. The molecule has 0 heterocycles. The molecule has 2 nitrogen and oxygen atoms in total. The van der Waals surface area contributed by atoms with Gasteiger partial charge in [0, 0.05) is 6.54 Å². The predicted octanol–water partition coefficient (Wildman–Crippen LogP) is 4.82. The van der Waals surface area contributed by atoms with Crippen molar-refractivity contribution in [3.05, 3.63) is 52.5 Å². The predicted molar refractivity (Wildman–Crippen MR) is 90.2 cm³/mol. The Balaban J connectivity index is 2.31. The van der Waals surface area contributed by atoms with E-state index >= 15 is 0 Å². The van der Waals surface area contributed by atoms with Crippen molar-refractivity contribution >= 4 is 11.6 Å². The van der Waals surface area contributed by atoms with Crippen LogP contribution >= 0.6 is 11.6 Å². The summed E-state index contributed by atoms with van der Waals surface area (Å²) in [5.74, 6) is 0.711. The normalized spacial score (nSPS) is 10.7. The fourth-order valence-corrected chi connectivity index (χ4v) is 2.52. The van der Waals surface area contributed by atoms with Crippen molar-refractivity contribution in [2.45, 2.75) is 26.8 Å². The Hall–Kier alpha value is -1.51. The zero-order valence-electron chi connectivity index (χ0n) is 12.9. The molecule has 112 valence electrons. The summed E-state index contributed by atoms with van der Waals surface area (Å²) in [7, 11) is 1.64. The van der Waals surface area contributed by atoms with Crippen molar-refractivity contribution in [2.75, 3.05) is 13.7 Å². The minimum absolute atomic E-state index is 0.639. The van der Waals surface area contributed by atoms with Crippen molar-refractivity contribution in [1.29, 1.82) is 0 Å². The van der Waals surface area contributed by atoms with Crippen LogP contribution in [0.1, 0.15) is 24.5 Å². The lowest BCUT2D eigenvalue weighted by Gasteiger charge is -2.12. The van der Waals surface area contributed by atoms with Crippen LogP contribution in [0.5, 0.6) is 5.75 Å². The Morgan fingerprint density at radius 2 is 1.95 bits per heavy atom. The van der Waals surface area contributed by atoms with E-state index < -0.39 is 0 Å². The molecule has 21 heavy (non-hydrogen) atoms. The van der Waals surface area contributed by atoms with Gasteiger partial charge in [0.25, 0.3) is 0 Å². The standard InChI is InChI=1S/C18H22ClNO/c1-4-9-20-12-14-6-5-13(2)16(10-14)15-7-8-17(19)18(11-15)21-3/h5-8,10-11,20H,4,9,12H2,1-3H3. The lowest BCUT2D eigenvalue weighted by Crippen LogP contribution is -2.13. The molecule has 2 aromatic rings. The van der Waals surface area contributed by atoms with Crippen LogP contribution in [0.4, 0.5) is 0 Å². The first-order chi connectivity index (χ1) is 10.2. The fourth-order valence-electron chi connectivity index (χ4n) is 2.33. The first-order valence-electron chi connectivity index (χ1n) is 7.30. The number of aryl methyl sites for hydroxylation is 1. The average Bonchev–Trinajstić information content (AvgIpc) is 2.50. The van der Waals surface area contributed by atoms with Gasteiger partial charge < -0.3 is 10.1 Å². The van der Waals surface area contributed by atoms with Crippen LogP contribution in [0, 0.1) is 6.92 Å². The molecular weight excluding hydrogens is 282 g/mol. The first kappa shape index (κ1) is 15.9. The zero-order chi connectivity index (χ0) is 15.2. The molecule has 2 rings (SSSR count). The molecule has 2 aromatic carbocycles. The van der Waals surface area contributed by atoms with Crippen LogP contribution in [0.25, 0.3) is 11.1 Å². The third-order valence-electron chi connectivity index (χ3n) is 3.52. The summed E-state index contributed by atoms with van der Waals surface area (Å²) in [6.45, 7) is 6.23. The summed E-state index contributed by atoms with van der Waals surface area (Å²) < 4.78 is 5.31. The van der Waals surface area contributed by atoms with E-state index in [1.54, 1.807) is 7.11 Å². The van der Waals surface area contributed by atoms with Gasteiger partial charge in [-0.1, -0.05) is 36.7 Å². The smallest absolute Gasteiger partial charge is 0.138 e. The van der Waals surface area contributed by atoms with Crippen molar-refractivity contribution in [2.24, 2.45) is 0 Å². The van der Waals surface area contributed by atoms with E-state index in [1.165, 1.54) is 16.7 Å². The van der Waals surface area contributed by atoms with Gasteiger partial charge in [0.05, 0.1) is 12.1 Å². The number of hydrogen-bond acceptors (Lipinski definition) is 2. The first-order valence-corrected chi connectivity index (χ1v) is 7.67. The number of benzene rings is 2. The highest BCUT2D eigenvalue weighted by Crippen LogP contribution is 2.32. The Kier molecular flexibility index (Phi) is 5.66. The molecule has 0 fully saturated rings. The Bertz CT molecular complexity index is 610. The SMILES string of the molecule is CCCNCc1ccc(C)c(-c2ccc(Cl)c(OC)c2)c1. The number of hydrogen-bond donors (Lipinski definition) is 1. The number of methoxy groups -OCH3 is 1. The molecule has 0 atom stereocenters. The van der Waals surface area contributed by atoms with E-state index in [0.717, 1.165) is 25.1 Å². The number of rotatable bonds is 6. The molecule has 0 radical (unpaired) electrons. The maximum absolute atomic E-state index is 6.10. The summed E-state index contributed by atoms with van der Waals surface area (Å²) in [6.07, 6.45) is 1.15. The van der Waals surface area contributed by atoms with Gasteiger partial charge in [0.15, 0.2) is 0 Å². The van der Waals surface area contributed by atoms with E-state index in [0.29, 0.717) is 10.8 Å². The van der Waals surface area contributed by atoms with Crippen molar-refractivity contribution in [1.82, 2.24) is 5.32 Å². The van der Waals surface area contributed by atoms with Crippen LogP contribution in [0.3, 0.4) is 0 Å². The van der Waals surface area contributed by atoms with Crippen molar-refractivity contribution in [3.8, 4) is 16.9 Å². The highest BCUT2D eigenvalue weighted by atomic mass is 35.5. The van der Waals surface area contributed by atoms with Gasteiger partial charge in [-0.15, -0.1) is 0 Å². The second-order valence-electron chi connectivity index (χ2n) is 5.18. The molecule has 0 bridgehead atoms. The number of halogens is 1. The Morgan fingerprint density at radius 3 is 2.67 bits per heavy atom. The number of nitrogens with one attached hydrogen (secondary N) is 1. The minimum atomic E-state index is 0.639. The number of ether oxygens (including phenoxy) is 1. The molecule has 0 amide bonds. The summed E-state index contributed by atoms with van der Waals surface area (Å²) in [4.78, 5) is 0. The monoisotopic (exact) mass is 303 g/mol. The lowest BCUT2D eigenvalue weighted by atomic mass is 9.98. The van der Waals surface area contributed by atoms with Crippen LogP contribution in [-0.4, -0.2) is 13.7 Å². The van der Waals surface area contributed by atoms with Gasteiger partial charge >= 0.3 is 0 Å². The van der Waals surface area contributed by atoms with Gasteiger partial charge in [-0.25, -0.2) is 0 Å². The second kappa shape index (κ2) is 7.48. The van der Waals surface area contributed by atoms with Gasteiger partial charge in [-0.05, 0) is 60.3 Å². The van der Waals surface area contributed by atoms with Gasteiger partial charge in [0.2, 0.25) is 0 Å². The van der Waals surface area contributed by atoms with Crippen LogP contribution in [0.2, 0.25) is 5.02 Å². The third-order valence-corrected chi connectivity index (χ3v) is 3.83. The molecule has 0 aliphatic rings. The molecule has 0 aliphatic carbocycles. The molecule has 0 aromatic heterocycles. The minimum Gasteiger partial charge on any atom is -0.495 e. The molecule has 0 saturated heterocycles. The van der Waals surface area contributed by atoms with Gasteiger partial charge in [0.1, 0.15) is 5.75 Å². The molecule has 0 saturated carbocycles. The highest BCUT2D eigenvalue weighted by molar-refractivity contribution is 6.32. The van der Waals surface area contributed by atoms with Crippen LogP contribution in [0.15, 0.2) is 36.4 Å². The largest absolute Gasteiger partial charge is 0.495 e. The zero-order valence-corrected chi connectivity index (χ0v) is 13.6.